The van der Waals surface area contributed by atoms with E-state index in [1.807, 2.05) is 20.8 Å². The van der Waals surface area contributed by atoms with Crippen LogP contribution in [0.4, 0.5) is 5.13 Å². The minimum Gasteiger partial charge on any atom is -0.462 e. The van der Waals surface area contributed by atoms with E-state index in [0.29, 0.717) is 48.3 Å². The summed E-state index contributed by atoms with van der Waals surface area (Å²) < 4.78 is 11.3. The van der Waals surface area contributed by atoms with Crippen molar-refractivity contribution in [1.82, 2.24) is 20.3 Å². The summed E-state index contributed by atoms with van der Waals surface area (Å²) in [6.45, 7) is 11.0. The van der Waals surface area contributed by atoms with Gasteiger partial charge in [-0.3, -0.25) is 4.79 Å². The second-order valence-electron chi connectivity index (χ2n) is 7.88. The highest BCUT2D eigenvalue weighted by atomic mass is 35.5. The molecule has 0 aromatic carbocycles. The van der Waals surface area contributed by atoms with Crippen molar-refractivity contribution in [2.45, 2.75) is 65.7 Å². The average Bonchev–Trinajstić information content (AvgIpc) is 3.31. The summed E-state index contributed by atoms with van der Waals surface area (Å²) in [5, 5.41) is 4.11. The zero-order valence-corrected chi connectivity index (χ0v) is 20.6. The number of carbonyl (C=O) groups is 2. The standard InChI is InChI=1S/C21H30ClN5O4S/c1-6-13-17(22)26-18(24-13)19(28)25-14-8-9-27(10-15(14)31-11(3)4)21-23-12(5)16(32-21)20(29)30-7-2/h11,14-15H,6-10H2,1-5H3,(H,24,26)(H,25,28)/t14-,15+/m0/s1. The van der Waals surface area contributed by atoms with Crippen LogP contribution in [0, 0.1) is 6.92 Å². The van der Waals surface area contributed by atoms with Gasteiger partial charge in [0.2, 0.25) is 0 Å². The number of hydrogen-bond acceptors (Lipinski definition) is 8. The molecule has 0 aliphatic carbocycles. The molecule has 3 rings (SSSR count). The monoisotopic (exact) mass is 483 g/mol. The molecule has 32 heavy (non-hydrogen) atoms. The molecule has 0 radical (unpaired) electrons. The van der Waals surface area contributed by atoms with Crippen LogP contribution in [0.5, 0.6) is 0 Å². The van der Waals surface area contributed by atoms with E-state index in [1.54, 1.807) is 13.8 Å². The molecule has 3 heterocycles. The quantitative estimate of drug-likeness (QED) is 0.554. The van der Waals surface area contributed by atoms with Crippen LogP contribution in [-0.4, -0.2) is 64.8 Å². The first-order valence-corrected chi connectivity index (χ1v) is 12.0. The normalized spacial score (nSPS) is 18.8. The fourth-order valence-electron chi connectivity index (χ4n) is 3.61. The first kappa shape index (κ1) is 24.5. The lowest BCUT2D eigenvalue weighted by molar-refractivity contribution is -0.0167. The van der Waals surface area contributed by atoms with E-state index >= 15 is 0 Å². The number of amides is 1. The largest absolute Gasteiger partial charge is 0.462 e. The summed E-state index contributed by atoms with van der Waals surface area (Å²) in [6, 6.07) is -0.194. The molecule has 1 aliphatic rings. The van der Waals surface area contributed by atoms with Crippen LogP contribution in [0.1, 0.15) is 65.8 Å². The smallest absolute Gasteiger partial charge is 0.350 e. The molecular weight excluding hydrogens is 454 g/mol. The number of aromatic amines is 1. The van der Waals surface area contributed by atoms with Gasteiger partial charge in [-0.05, 0) is 40.5 Å². The Bertz CT molecular complexity index is 960. The topological polar surface area (TPSA) is 109 Å². The summed E-state index contributed by atoms with van der Waals surface area (Å²) in [6.07, 6.45) is 1.06. The fraction of sp³-hybridized carbons (Fsp3) is 0.619. The number of H-pyrrole nitrogens is 1. The van der Waals surface area contributed by atoms with E-state index in [2.05, 4.69) is 25.2 Å². The van der Waals surface area contributed by atoms with Crippen LogP contribution in [0.15, 0.2) is 0 Å². The van der Waals surface area contributed by atoms with Crippen molar-refractivity contribution in [3.63, 3.8) is 0 Å². The van der Waals surface area contributed by atoms with Crippen molar-refractivity contribution in [3.05, 3.63) is 27.2 Å². The molecule has 1 fully saturated rings. The first-order valence-electron chi connectivity index (χ1n) is 10.8. The van der Waals surface area contributed by atoms with Gasteiger partial charge in [-0.25, -0.2) is 14.8 Å². The number of nitrogens with one attached hydrogen (secondary N) is 2. The maximum Gasteiger partial charge on any atom is 0.350 e. The Hall–Kier alpha value is -2.17. The SMILES string of the molecule is CCOC(=O)c1sc(N2CC[C@H](NC(=O)c3nc(Cl)c(CC)[nH]3)[C@H](OC(C)C)C2)nc1C. The van der Waals surface area contributed by atoms with Gasteiger partial charge in [0.05, 0.1) is 36.2 Å². The summed E-state index contributed by atoms with van der Waals surface area (Å²) in [5.41, 5.74) is 1.39. The number of carbonyl (C=O) groups excluding carboxylic acids is 2. The molecule has 1 amide bonds. The Morgan fingerprint density at radius 1 is 1.34 bits per heavy atom. The molecule has 1 saturated heterocycles. The van der Waals surface area contributed by atoms with Gasteiger partial charge in [0.25, 0.3) is 5.91 Å². The van der Waals surface area contributed by atoms with Crippen LogP contribution >= 0.6 is 22.9 Å². The van der Waals surface area contributed by atoms with E-state index in [0.717, 1.165) is 10.8 Å². The molecule has 11 heteroatoms. The van der Waals surface area contributed by atoms with Crippen molar-refractivity contribution in [2.75, 3.05) is 24.6 Å². The van der Waals surface area contributed by atoms with Crippen molar-refractivity contribution in [2.24, 2.45) is 0 Å². The molecule has 0 spiro atoms. The van der Waals surface area contributed by atoms with E-state index in [4.69, 9.17) is 21.1 Å². The fourth-order valence-corrected chi connectivity index (χ4v) is 4.87. The molecule has 9 nitrogen and oxygen atoms in total. The number of ether oxygens (including phenoxy) is 2. The van der Waals surface area contributed by atoms with Gasteiger partial charge in [0.1, 0.15) is 4.88 Å². The third-order valence-electron chi connectivity index (χ3n) is 5.14. The maximum absolute atomic E-state index is 12.8. The van der Waals surface area contributed by atoms with Gasteiger partial charge in [-0.15, -0.1) is 0 Å². The Morgan fingerprint density at radius 2 is 2.09 bits per heavy atom. The van der Waals surface area contributed by atoms with Gasteiger partial charge in [-0.1, -0.05) is 29.9 Å². The number of esters is 1. The number of aryl methyl sites for hydroxylation is 2. The number of aromatic nitrogens is 3. The van der Waals surface area contributed by atoms with E-state index < -0.39 is 0 Å². The summed E-state index contributed by atoms with van der Waals surface area (Å²) in [5.74, 6) is -0.460. The number of rotatable bonds is 8. The van der Waals surface area contributed by atoms with Gasteiger partial charge >= 0.3 is 5.97 Å². The third-order valence-corrected chi connectivity index (χ3v) is 6.65. The van der Waals surface area contributed by atoms with E-state index in [1.165, 1.54) is 11.3 Å². The molecule has 2 N–H and O–H groups in total. The minimum atomic E-state index is -0.352. The number of thiazole rings is 1. The summed E-state index contributed by atoms with van der Waals surface area (Å²) >= 11 is 7.40. The van der Waals surface area contributed by atoms with Crippen molar-refractivity contribution < 1.29 is 19.1 Å². The predicted octanol–water partition coefficient (Wildman–Crippen LogP) is 3.37. The second-order valence-corrected chi connectivity index (χ2v) is 9.21. The van der Waals surface area contributed by atoms with Gasteiger partial charge in [0, 0.05) is 13.1 Å². The number of imidazole rings is 1. The van der Waals surface area contributed by atoms with Gasteiger partial charge in [0.15, 0.2) is 16.1 Å². The van der Waals surface area contributed by atoms with Gasteiger partial charge < -0.3 is 24.7 Å². The summed E-state index contributed by atoms with van der Waals surface area (Å²) in [7, 11) is 0. The Kier molecular flexibility index (Phi) is 8.13. The average molecular weight is 484 g/mol. The van der Waals surface area contributed by atoms with Crippen LogP contribution < -0.4 is 10.2 Å². The number of nitrogens with zero attached hydrogens (tertiary/aromatic N) is 3. The molecule has 2 aromatic heterocycles. The molecule has 2 atom stereocenters. The Morgan fingerprint density at radius 3 is 2.72 bits per heavy atom. The Labute approximate surface area is 196 Å². The molecule has 0 unspecified atom stereocenters. The minimum absolute atomic E-state index is 0.0165. The maximum atomic E-state index is 12.8. The lowest BCUT2D eigenvalue weighted by Gasteiger charge is -2.39. The second kappa shape index (κ2) is 10.6. The van der Waals surface area contributed by atoms with Crippen molar-refractivity contribution in [1.29, 1.82) is 0 Å². The number of hydrogen-bond donors (Lipinski definition) is 2. The molecular formula is C21H30ClN5O4S. The third kappa shape index (κ3) is 5.60. The van der Waals surface area contributed by atoms with Gasteiger partial charge in [-0.2, -0.15) is 0 Å². The number of halogens is 1. The van der Waals surface area contributed by atoms with Crippen LogP contribution in [0.2, 0.25) is 5.15 Å². The predicted molar refractivity (Wildman–Crippen MR) is 124 cm³/mol. The number of piperidine rings is 1. The zero-order chi connectivity index (χ0) is 23.4. The van der Waals surface area contributed by atoms with Crippen LogP contribution in [-0.2, 0) is 15.9 Å². The lowest BCUT2D eigenvalue weighted by Crippen LogP contribution is -2.56. The highest BCUT2D eigenvalue weighted by Gasteiger charge is 2.34. The van der Waals surface area contributed by atoms with Crippen molar-refractivity contribution in [3.8, 4) is 0 Å². The highest BCUT2D eigenvalue weighted by molar-refractivity contribution is 7.17. The first-order chi connectivity index (χ1) is 15.2. The Balaban J connectivity index is 1.73. The van der Waals surface area contributed by atoms with Crippen molar-refractivity contribution >= 4 is 39.9 Å². The van der Waals surface area contributed by atoms with E-state index in [9.17, 15) is 9.59 Å². The van der Waals surface area contributed by atoms with Crippen LogP contribution in [0.25, 0.3) is 0 Å². The van der Waals surface area contributed by atoms with E-state index in [-0.39, 0.29) is 36.0 Å². The molecule has 176 valence electrons. The molecule has 2 aromatic rings. The lowest BCUT2D eigenvalue weighted by atomic mass is 10.0. The molecule has 0 saturated carbocycles. The van der Waals surface area contributed by atoms with Crippen LogP contribution in [0.3, 0.4) is 0 Å². The highest BCUT2D eigenvalue weighted by Crippen LogP contribution is 2.30. The molecule has 0 bridgehead atoms. The molecule has 1 aliphatic heterocycles. The number of anilines is 1. The zero-order valence-electron chi connectivity index (χ0n) is 19.0. The summed E-state index contributed by atoms with van der Waals surface area (Å²) in [4.78, 5) is 39.2.